The molecule has 0 atom stereocenters. The third-order valence-corrected chi connectivity index (χ3v) is 5.84. The molecule has 1 saturated carbocycles. The van der Waals surface area contributed by atoms with Gasteiger partial charge in [0.1, 0.15) is 4.90 Å². The Balaban J connectivity index is 2.04. The van der Waals surface area contributed by atoms with Crippen LogP contribution >= 0.6 is 0 Å². The first-order valence-corrected chi connectivity index (χ1v) is 8.55. The van der Waals surface area contributed by atoms with Crippen molar-refractivity contribution in [2.45, 2.75) is 50.5 Å². The minimum Gasteiger partial charge on any atom is -0.328 e. The second-order valence-corrected chi connectivity index (χ2v) is 7.46. The van der Waals surface area contributed by atoms with Crippen LogP contribution in [0.1, 0.15) is 37.1 Å². The van der Waals surface area contributed by atoms with Crippen LogP contribution in [-0.4, -0.2) is 30.8 Å². The van der Waals surface area contributed by atoms with Gasteiger partial charge in [0.05, 0.1) is 11.4 Å². The molecule has 6 nitrogen and oxygen atoms in total. The van der Waals surface area contributed by atoms with Gasteiger partial charge in [0.25, 0.3) is 0 Å². The zero-order valence-corrected chi connectivity index (χ0v) is 13.2. The van der Waals surface area contributed by atoms with Crippen LogP contribution in [0, 0.1) is 19.8 Å². The monoisotopic (exact) mass is 300 g/mol. The molecule has 1 aromatic rings. The molecule has 0 radical (unpaired) electrons. The fourth-order valence-electron chi connectivity index (χ4n) is 2.84. The number of aryl methyl sites for hydroxylation is 2. The highest BCUT2D eigenvalue weighted by Gasteiger charge is 2.25. The molecule has 1 aromatic heterocycles. The van der Waals surface area contributed by atoms with Gasteiger partial charge in [0.15, 0.2) is 0 Å². The summed E-state index contributed by atoms with van der Waals surface area (Å²) in [5.74, 6) is 0.391. The Kier molecular flexibility index (Phi) is 4.51. The Morgan fingerprint density at radius 1 is 1.30 bits per heavy atom. The van der Waals surface area contributed by atoms with Gasteiger partial charge in [-0.25, -0.2) is 13.1 Å². The van der Waals surface area contributed by atoms with Crippen LogP contribution in [0.15, 0.2) is 4.90 Å². The van der Waals surface area contributed by atoms with E-state index < -0.39 is 10.0 Å². The minimum atomic E-state index is -3.48. The molecule has 1 fully saturated rings. The molecule has 0 aromatic carbocycles. The van der Waals surface area contributed by atoms with Crippen molar-refractivity contribution in [1.82, 2.24) is 14.5 Å². The van der Waals surface area contributed by atoms with E-state index in [0.29, 0.717) is 28.7 Å². The van der Waals surface area contributed by atoms with Gasteiger partial charge in [-0.1, -0.05) is 0 Å². The molecule has 0 amide bonds. The zero-order valence-electron chi connectivity index (χ0n) is 12.4. The van der Waals surface area contributed by atoms with Crippen LogP contribution in [0.25, 0.3) is 0 Å². The largest absolute Gasteiger partial charge is 0.328 e. The highest BCUT2D eigenvalue weighted by Crippen LogP contribution is 2.24. The molecule has 1 aliphatic rings. The lowest BCUT2D eigenvalue weighted by Gasteiger charge is -2.26. The van der Waals surface area contributed by atoms with Crippen molar-refractivity contribution in [3.8, 4) is 0 Å². The first kappa shape index (κ1) is 15.5. The standard InChI is InChI=1S/C13H24N4O2S/c1-9-13(10(2)17(3)16-9)20(18,19)15-8-11-4-6-12(14)7-5-11/h11-12,15H,4-8,14H2,1-3H3. The average molecular weight is 300 g/mol. The van der Waals surface area contributed by atoms with E-state index in [9.17, 15) is 8.42 Å². The van der Waals surface area contributed by atoms with Crippen molar-refractivity contribution in [2.24, 2.45) is 18.7 Å². The lowest BCUT2D eigenvalue weighted by atomic mass is 9.87. The van der Waals surface area contributed by atoms with E-state index in [1.54, 1.807) is 25.6 Å². The number of nitrogens with zero attached hydrogens (tertiary/aromatic N) is 2. The molecule has 7 heteroatoms. The third-order valence-electron chi connectivity index (χ3n) is 4.16. The Morgan fingerprint density at radius 2 is 1.90 bits per heavy atom. The fourth-order valence-corrected chi connectivity index (χ4v) is 4.39. The van der Waals surface area contributed by atoms with Gasteiger partial charge < -0.3 is 5.73 Å². The van der Waals surface area contributed by atoms with Crippen molar-refractivity contribution in [2.75, 3.05) is 6.54 Å². The second-order valence-electron chi connectivity index (χ2n) is 5.76. The number of nitrogens with two attached hydrogens (primary N) is 1. The Morgan fingerprint density at radius 3 is 2.40 bits per heavy atom. The van der Waals surface area contributed by atoms with Gasteiger partial charge in [0.2, 0.25) is 10.0 Å². The van der Waals surface area contributed by atoms with E-state index in [2.05, 4.69) is 9.82 Å². The maximum atomic E-state index is 12.4. The maximum Gasteiger partial charge on any atom is 0.244 e. The van der Waals surface area contributed by atoms with E-state index in [1.165, 1.54) is 0 Å². The van der Waals surface area contributed by atoms with Crippen molar-refractivity contribution in [3.63, 3.8) is 0 Å². The molecule has 0 spiro atoms. The summed E-state index contributed by atoms with van der Waals surface area (Å²) in [6.45, 7) is 3.98. The molecule has 0 aliphatic heterocycles. The van der Waals surface area contributed by atoms with Gasteiger partial charge in [-0.2, -0.15) is 5.10 Å². The molecule has 3 N–H and O–H groups in total. The summed E-state index contributed by atoms with van der Waals surface area (Å²) in [6, 6.07) is 0.283. The molecule has 1 heterocycles. The normalized spacial score (nSPS) is 24.0. The van der Waals surface area contributed by atoms with Crippen molar-refractivity contribution >= 4 is 10.0 Å². The van der Waals surface area contributed by atoms with E-state index in [4.69, 9.17) is 5.73 Å². The number of sulfonamides is 1. The van der Waals surface area contributed by atoms with E-state index in [1.807, 2.05) is 0 Å². The van der Waals surface area contributed by atoms with Gasteiger partial charge in [-0.05, 0) is 45.4 Å². The molecule has 114 valence electrons. The van der Waals surface area contributed by atoms with E-state index in [-0.39, 0.29) is 6.04 Å². The lowest BCUT2D eigenvalue weighted by molar-refractivity contribution is 0.326. The number of hydrogen-bond donors (Lipinski definition) is 2. The second kappa shape index (κ2) is 5.83. The van der Waals surface area contributed by atoms with E-state index in [0.717, 1.165) is 25.7 Å². The first-order chi connectivity index (χ1) is 9.31. The number of nitrogens with one attached hydrogen (secondary N) is 1. The van der Waals surface area contributed by atoms with Crippen molar-refractivity contribution in [3.05, 3.63) is 11.4 Å². The highest BCUT2D eigenvalue weighted by molar-refractivity contribution is 7.89. The van der Waals surface area contributed by atoms with Crippen LogP contribution in [0.3, 0.4) is 0 Å². The number of rotatable bonds is 4. The smallest absolute Gasteiger partial charge is 0.244 e. The van der Waals surface area contributed by atoms with Crippen LogP contribution in [0.2, 0.25) is 0 Å². The Hall–Kier alpha value is -0.920. The summed E-state index contributed by atoms with van der Waals surface area (Å²) >= 11 is 0. The molecule has 20 heavy (non-hydrogen) atoms. The SMILES string of the molecule is Cc1nn(C)c(C)c1S(=O)(=O)NCC1CCC(N)CC1. The molecular weight excluding hydrogens is 276 g/mol. The van der Waals surface area contributed by atoms with Gasteiger partial charge in [-0.3, -0.25) is 4.68 Å². The Labute approximate surface area is 120 Å². The van der Waals surface area contributed by atoms with E-state index >= 15 is 0 Å². The summed E-state index contributed by atoms with van der Waals surface area (Å²) < 4.78 is 29.1. The number of hydrogen-bond acceptors (Lipinski definition) is 4. The molecule has 0 saturated heterocycles. The van der Waals surface area contributed by atoms with Crippen molar-refractivity contribution < 1.29 is 8.42 Å². The van der Waals surface area contributed by atoms with Gasteiger partial charge in [-0.15, -0.1) is 0 Å². The molecule has 2 rings (SSSR count). The van der Waals surface area contributed by atoms with Gasteiger partial charge >= 0.3 is 0 Å². The van der Waals surface area contributed by atoms with Crippen LogP contribution in [-0.2, 0) is 17.1 Å². The molecular formula is C13H24N4O2S. The predicted octanol–water partition coefficient (Wildman–Crippen LogP) is 0.833. The maximum absolute atomic E-state index is 12.4. The quantitative estimate of drug-likeness (QED) is 0.862. The molecule has 0 unspecified atom stereocenters. The summed E-state index contributed by atoms with van der Waals surface area (Å²) in [5.41, 5.74) is 7.07. The lowest BCUT2D eigenvalue weighted by Crippen LogP contribution is -2.34. The third kappa shape index (κ3) is 3.21. The Bertz CT molecular complexity index is 571. The summed E-state index contributed by atoms with van der Waals surface area (Å²) in [4.78, 5) is 0.313. The number of aromatic nitrogens is 2. The van der Waals surface area contributed by atoms with Crippen molar-refractivity contribution in [1.29, 1.82) is 0 Å². The summed E-state index contributed by atoms with van der Waals surface area (Å²) in [6.07, 6.45) is 3.96. The first-order valence-electron chi connectivity index (χ1n) is 7.06. The average Bonchev–Trinajstić information content (AvgIpc) is 2.63. The predicted molar refractivity (Wildman–Crippen MR) is 77.8 cm³/mol. The van der Waals surface area contributed by atoms with Crippen LogP contribution in [0.5, 0.6) is 0 Å². The summed E-state index contributed by atoms with van der Waals surface area (Å²) in [7, 11) is -1.72. The highest BCUT2D eigenvalue weighted by atomic mass is 32.2. The summed E-state index contributed by atoms with van der Waals surface area (Å²) in [5, 5.41) is 4.16. The van der Waals surface area contributed by atoms with Gasteiger partial charge in [0, 0.05) is 19.6 Å². The zero-order chi connectivity index (χ0) is 14.9. The molecule has 0 bridgehead atoms. The molecule has 1 aliphatic carbocycles. The topological polar surface area (TPSA) is 90.0 Å². The van der Waals surface area contributed by atoms with Crippen LogP contribution < -0.4 is 10.5 Å². The van der Waals surface area contributed by atoms with Crippen LogP contribution in [0.4, 0.5) is 0 Å². The minimum absolute atomic E-state index is 0.283. The fraction of sp³-hybridized carbons (Fsp3) is 0.769.